The van der Waals surface area contributed by atoms with E-state index in [0.717, 1.165) is 78.1 Å². The minimum Gasteiger partial charge on any atom is -0.481 e. The second-order valence-corrected chi connectivity index (χ2v) is 12.0. The molecule has 3 N–H and O–H groups in total. The van der Waals surface area contributed by atoms with Gasteiger partial charge in [-0.15, -0.1) is 11.3 Å². The number of benzene rings is 1. The zero-order valence-corrected chi connectivity index (χ0v) is 23.8. The number of carbonyl (C=O) groups is 2. The number of nitrogens with zero attached hydrogens (tertiary/aromatic N) is 3. The van der Waals surface area contributed by atoms with Crippen LogP contribution in [-0.4, -0.2) is 51.1 Å². The highest BCUT2D eigenvalue weighted by atomic mass is 32.1. The van der Waals surface area contributed by atoms with E-state index in [2.05, 4.69) is 26.6 Å². The number of thiophene rings is 1. The summed E-state index contributed by atoms with van der Waals surface area (Å²) in [7, 11) is 0. The number of piperidine rings is 1. The fourth-order valence-electron chi connectivity index (χ4n) is 5.16. The molecular weight excluding hydrogens is 557 g/mol. The molecule has 2 fully saturated rings. The third-order valence-corrected chi connectivity index (χ3v) is 8.82. The van der Waals surface area contributed by atoms with Gasteiger partial charge in [-0.3, -0.25) is 19.7 Å². The molecule has 2 amide bonds. The first-order valence-corrected chi connectivity index (χ1v) is 15.0. The molecule has 1 aromatic carbocycles. The fraction of sp³-hybridized carbons (Fsp3) is 0.355. The van der Waals surface area contributed by atoms with Crippen LogP contribution in [0, 0.1) is 11.7 Å². The molecule has 1 saturated heterocycles. The van der Waals surface area contributed by atoms with Crippen LogP contribution in [0.25, 0.3) is 20.8 Å². The topological polar surface area (TPSA) is 117 Å². The Morgan fingerprint density at radius 2 is 1.88 bits per heavy atom. The summed E-state index contributed by atoms with van der Waals surface area (Å²) < 4.78 is 21.6. The number of halogens is 1. The van der Waals surface area contributed by atoms with Crippen LogP contribution in [0.15, 0.2) is 54.9 Å². The van der Waals surface area contributed by atoms with Crippen molar-refractivity contribution in [3.63, 3.8) is 0 Å². The third-order valence-electron chi connectivity index (χ3n) is 7.65. The number of pyridine rings is 2. The molecule has 1 aliphatic carbocycles. The van der Waals surface area contributed by atoms with Crippen molar-refractivity contribution < 1.29 is 23.8 Å². The third kappa shape index (κ3) is 7.03. The number of nitrogens with one attached hydrogen (secondary N) is 2. The first-order chi connectivity index (χ1) is 20.4. The maximum absolute atomic E-state index is 14.9. The van der Waals surface area contributed by atoms with Crippen molar-refractivity contribution in [2.24, 2.45) is 5.92 Å². The minimum atomic E-state index is -0.717. The predicted octanol–water partition coefficient (Wildman–Crippen LogP) is 6.65. The minimum absolute atomic E-state index is 0.0546. The van der Waals surface area contributed by atoms with E-state index in [1.54, 1.807) is 18.3 Å². The van der Waals surface area contributed by atoms with Gasteiger partial charge in [0.15, 0.2) is 11.6 Å². The maximum Gasteiger partial charge on any atom is 0.319 e. The molecule has 11 heteroatoms. The van der Waals surface area contributed by atoms with Gasteiger partial charge >= 0.3 is 12.0 Å². The quantitative estimate of drug-likeness (QED) is 0.190. The van der Waals surface area contributed by atoms with Crippen molar-refractivity contribution in [1.82, 2.24) is 20.2 Å². The Bertz CT molecular complexity index is 1580. The van der Waals surface area contributed by atoms with Gasteiger partial charge in [0.05, 0.1) is 20.8 Å². The average Bonchev–Trinajstić information content (AvgIpc) is 3.68. The Hall–Kier alpha value is -4.09. The fourth-order valence-corrected chi connectivity index (χ4v) is 6.21. The molecule has 4 aromatic rings. The summed E-state index contributed by atoms with van der Waals surface area (Å²) in [5, 5.41) is 14.4. The summed E-state index contributed by atoms with van der Waals surface area (Å²) in [5.74, 6) is -0.260. The van der Waals surface area contributed by atoms with E-state index in [4.69, 9.17) is 14.8 Å². The van der Waals surface area contributed by atoms with Gasteiger partial charge in [-0.05, 0) is 80.9 Å². The number of carboxylic acids is 1. The summed E-state index contributed by atoms with van der Waals surface area (Å²) in [6.45, 7) is 2.74. The first-order valence-electron chi connectivity index (χ1n) is 14.2. The summed E-state index contributed by atoms with van der Waals surface area (Å²) in [4.78, 5) is 35.3. The maximum atomic E-state index is 14.9. The summed E-state index contributed by atoms with van der Waals surface area (Å²) >= 11 is 1.48. The van der Waals surface area contributed by atoms with Crippen molar-refractivity contribution in [3.05, 3.63) is 66.2 Å². The van der Waals surface area contributed by atoms with Crippen molar-refractivity contribution in [1.29, 1.82) is 0 Å². The number of anilines is 1. The number of hydrogen-bond acceptors (Lipinski definition) is 7. The van der Waals surface area contributed by atoms with Gasteiger partial charge in [0.1, 0.15) is 5.75 Å². The second-order valence-electron chi connectivity index (χ2n) is 11.0. The Morgan fingerprint density at radius 3 is 2.60 bits per heavy atom. The largest absolute Gasteiger partial charge is 0.481 e. The van der Waals surface area contributed by atoms with Crippen LogP contribution >= 0.6 is 11.3 Å². The lowest BCUT2D eigenvalue weighted by Crippen LogP contribution is -2.33. The highest BCUT2D eigenvalue weighted by Gasteiger charge is 2.23. The molecule has 9 nitrogen and oxygen atoms in total. The molecule has 42 heavy (non-hydrogen) atoms. The Kier molecular flexibility index (Phi) is 8.29. The number of urea groups is 1. The van der Waals surface area contributed by atoms with Gasteiger partial charge in [-0.1, -0.05) is 6.07 Å². The van der Waals surface area contributed by atoms with E-state index in [9.17, 15) is 14.0 Å². The number of aliphatic carboxylic acids is 1. The van der Waals surface area contributed by atoms with Crippen molar-refractivity contribution in [3.8, 4) is 22.1 Å². The van der Waals surface area contributed by atoms with Crippen LogP contribution in [0.2, 0.25) is 0 Å². The number of aromatic nitrogens is 2. The molecular formula is C31H32FN5O4S. The Labute approximate surface area is 246 Å². The smallest absolute Gasteiger partial charge is 0.319 e. The lowest BCUT2D eigenvalue weighted by molar-refractivity contribution is -0.137. The van der Waals surface area contributed by atoms with Crippen LogP contribution in [0.1, 0.15) is 44.1 Å². The highest BCUT2D eigenvalue weighted by Crippen LogP contribution is 2.39. The molecule has 6 rings (SSSR count). The number of ether oxygens (including phenoxy) is 1. The molecule has 3 aromatic heterocycles. The molecule has 0 unspecified atom stereocenters. The molecule has 4 heterocycles. The van der Waals surface area contributed by atoms with Crippen molar-refractivity contribution in [2.75, 3.05) is 18.4 Å². The molecule has 1 aliphatic heterocycles. The van der Waals surface area contributed by atoms with Gasteiger partial charge in [-0.25, -0.2) is 9.18 Å². The van der Waals surface area contributed by atoms with Gasteiger partial charge in [0.2, 0.25) is 0 Å². The molecule has 0 spiro atoms. The van der Waals surface area contributed by atoms with Crippen molar-refractivity contribution in [2.45, 2.75) is 51.1 Å². The summed E-state index contributed by atoms with van der Waals surface area (Å²) in [6.07, 6.45) is 8.54. The number of carbonyl (C=O) groups excluding carboxylic acids is 1. The lowest BCUT2D eigenvalue weighted by atomic mass is 9.92. The zero-order chi connectivity index (χ0) is 29.1. The number of amides is 2. The molecule has 1 saturated carbocycles. The predicted molar refractivity (Wildman–Crippen MR) is 159 cm³/mol. The number of carboxylic acid groups (broad SMARTS) is 1. The lowest BCUT2D eigenvalue weighted by Gasteiger charge is -2.31. The number of hydrogen-bond donors (Lipinski definition) is 3. The van der Waals surface area contributed by atoms with Crippen molar-refractivity contribution >= 4 is 39.2 Å². The highest BCUT2D eigenvalue weighted by molar-refractivity contribution is 7.22. The van der Waals surface area contributed by atoms with E-state index in [1.807, 2.05) is 18.3 Å². The summed E-state index contributed by atoms with van der Waals surface area (Å²) in [5.41, 5.74) is 3.04. The number of rotatable bonds is 10. The Balaban J connectivity index is 1.09. The van der Waals surface area contributed by atoms with Gasteiger partial charge in [0, 0.05) is 49.2 Å². The molecule has 218 valence electrons. The monoisotopic (exact) mass is 589 g/mol. The normalized spacial score (nSPS) is 15.9. The first kappa shape index (κ1) is 28.0. The van der Waals surface area contributed by atoms with Gasteiger partial charge < -0.3 is 20.5 Å². The van der Waals surface area contributed by atoms with E-state index in [-0.39, 0.29) is 24.2 Å². The molecule has 0 atom stereocenters. The SMILES string of the molecule is O=C(O)CCC1CCN(Cc2ccc(-c3cc4nccc(Oc5ccc(NC(=O)NC6CC6)cc5F)c4s3)nc2)CC1. The second kappa shape index (κ2) is 12.4. The van der Waals surface area contributed by atoms with E-state index in [1.165, 1.54) is 23.5 Å². The molecule has 2 aliphatic rings. The van der Waals surface area contributed by atoms with E-state index in [0.29, 0.717) is 17.4 Å². The van der Waals surface area contributed by atoms with Gasteiger partial charge in [0.25, 0.3) is 0 Å². The van der Waals surface area contributed by atoms with Crippen LogP contribution < -0.4 is 15.4 Å². The summed E-state index contributed by atoms with van der Waals surface area (Å²) in [6, 6.07) is 12.0. The van der Waals surface area contributed by atoms with E-state index < -0.39 is 11.8 Å². The van der Waals surface area contributed by atoms with Gasteiger partial charge in [-0.2, -0.15) is 0 Å². The van der Waals surface area contributed by atoms with Crippen LogP contribution in [0.4, 0.5) is 14.9 Å². The van der Waals surface area contributed by atoms with Crippen LogP contribution in [-0.2, 0) is 11.3 Å². The zero-order valence-electron chi connectivity index (χ0n) is 23.0. The van der Waals surface area contributed by atoms with E-state index >= 15 is 0 Å². The van der Waals surface area contributed by atoms with Crippen LogP contribution in [0.3, 0.4) is 0 Å². The number of likely N-dealkylation sites (tertiary alicyclic amines) is 1. The average molecular weight is 590 g/mol. The number of fused-ring (bicyclic) bond motifs is 1. The standard InChI is InChI=1S/C31H32FN5O4S/c32-23-15-22(36-31(40)35-21-3-4-21)5-7-26(23)41-27-9-12-33-25-16-28(42-30(25)27)24-6-1-20(17-34-24)18-37-13-10-19(11-14-37)2-8-29(38)39/h1,5-7,9,12,15-17,19,21H,2-4,8,10-11,13-14,18H2,(H,38,39)(H2,35,36,40). The molecule has 0 bridgehead atoms. The molecule has 0 radical (unpaired) electrons. The van der Waals surface area contributed by atoms with Crippen LogP contribution in [0.5, 0.6) is 11.5 Å². The Morgan fingerprint density at radius 1 is 1.05 bits per heavy atom.